The van der Waals surface area contributed by atoms with Crippen LogP contribution in [-0.2, 0) is 0 Å². The van der Waals surface area contributed by atoms with Crippen LogP contribution in [0.5, 0.6) is 0 Å². The van der Waals surface area contributed by atoms with E-state index >= 15 is 0 Å². The first-order valence-electron chi connectivity index (χ1n) is 4.61. The maximum absolute atomic E-state index is 2.45. The second-order valence-electron chi connectivity index (χ2n) is 4.24. The topological polar surface area (TPSA) is 0 Å². The molecule has 1 saturated carbocycles. The Hall–Kier alpha value is 0. The van der Waals surface area contributed by atoms with Gasteiger partial charge in [0.1, 0.15) is 0 Å². The Morgan fingerprint density at radius 2 is 1.60 bits per heavy atom. The summed E-state index contributed by atoms with van der Waals surface area (Å²) in [5.74, 6) is 1.90. The average molecular weight is 140 g/mol. The van der Waals surface area contributed by atoms with Crippen LogP contribution in [0.3, 0.4) is 0 Å². The summed E-state index contributed by atoms with van der Waals surface area (Å²) < 4.78 is 0. The third-order valence-corrected chi connectivity index (χ3v) is 4.05. The van der Waals surface area contributed by atoms with Crippen LogP contribution >= 0.6 is 0 Å². The minimum Gasteiger partial charge on any atom is -0.0648 e. The zero-order chi connectivity index (χ0) is 7.78. The fraction of sp³-hybridized carbons (Fsp3) is 1.00. The first-order chi connectivity index (χ1) is 4.61. The van der Waals surface area contributed by atoms with Gasteiger partial charge in [-0.25, -0.2) is 0 Å². The van der Waals surface area contributed by atoms with E-state index in [1.54, 1.807) is 0 Å². The van der Waals surface area contributed by atoms with Crippen molar-refractivity contribution >= 4 is 0 Å². The zero-order valence-electron chi connectivity index (χ0n) is 7.78. The Labute approximate surface area is 65.0 Å². The lowest BCUT2D eigenvalue weighted by molar-refractivity contribution is 0.174. The highest BCUT2D eigenvalue weighted by Gasteiger charge is 2.39. The summed E-state index contributed by atoms with van der Waals surface area (Å²) in [6, 6.07) is 0. The fourth-order valence-electron chi connectivity index (χ4n) is 2.34. The minimum absolute atomic E-state index is 0.653. The van der Waals surface area contributed by atoms with E-state index < -0.39 is 0 Å². The predicted octanol–water partition coefficient (Wildman–Crippen LogP) is 3.47. The van der Waals surface area contributed by atoms with Crippen LogP contribution in [0.1, 0.15) is 47.0 Å². The van der Waals surface area contributed by atoms with Gasteiger partial charge in [0.2, 0.25) is 0 Å². The quantitative estimate of drug-likeness (QED) is 0.523. The molecule has 0 N–H and O–H groups in total. The van der Waals surface area contributed by atoms with Crippen LogP contribution in [0.15, 0.2) is 0 Å². The molecule has 0 bridgehead atoms. The second kappa shape index (κ2) is 2.56. The molecule has 1 unspecified atom stereocenters. The van der Waals surface area contributed by atoms with E-state index in [4.69, 9.17) is 0 Å². The summed E-state index contributed by atoms with van der Waals surface area (Å²) in [5, 5.41) is 0. The van der Waals surface area contributed by atoms with Crippen molar-refractivity contribution in [3.63, 3.8) is 0 Å². The standard InChI is InChI=1S/C10H20/c1-5-10(4)8(2)6-7-9(10)3/h8-9H,5-7H2,1-4H3/t8-,9+,10?. The molecule has 0 saturated heterocycles. The molecule has 0 heteroatoms. The zero-order valence-corrected chi connectivity index (χ0v) is 7.78. The maximum atomic E-state index is 2.45. The van der Waals surface area contributed by atoms with Gasteiger partial charge in [0.25, 0.3) is 0 Å². The van der Waals surface area contributed by atoms with E-state index in [1.807, 2.05) is 0 Å². The summed E-state index contributed by atoms with van der Waals surface area (Å²) in [6.45, 7) is 9.60. The molecule has 1 rings (SSSR count). The molecule has 1 aliphatic rings. The molecule has 1 fully saturated rings. The molecule has 0 amide bonds. The monoisotopic (exact) mass is 140 g/mol. The van der Waals surface area contributed by atoms with Crippen LogP contribution in [0.25, 0.3) is 0 Å². The van der Waals surface area contributed by atoms with Gasteiger partial charge < -0.3 is 0 Å². The molecule has 0 aromatic rings. The molecular formula is C10H20. The summed E-state index contributed by atoms with van der Waals surface area (Å²) in [6.07, 6.45) is 4.26. The molecule has 60 valence electrons. The van der Waals surface area contributed by atoms with Gasteiger partial charge in [-0.15, -0.1) is 0 Å². The Morgan fingerprint density at radius 3 is 1.80 bits per heavy atom. The third-order valence-electron chi connectivity index (χ3n) is 4.05. The predicted molar refractivity (Wildman–Crippen MR) is 46.0 cm³/mol. The van der Waals surface area contributed by atoms with Gasteiger partial charge in [-0.2, -0.15) is 0 Å². The van der Waals surface area contributed by atoms with Gasteiger partial charge in [0, 0.05) is 0 Å². The van der Waals surface area contributed by atoms with Gasteiger partial charge in [0.15, 0.2) is 0 Å². The molecule has 0 heterocycles. The minimum atomic E-state index is 0.653. The smallest absolute Gasteiger partial charge is 0.0277 e. The average Bonchev–Trinajstić information content (AvgIpc) is 2.18. The second-order valence-corrected chi connectivity index (χ2v) is 4.24. The normalized spacial score (nSPS) is 48.0. The van der Waals surface area contributed by atoms with Gasteiger partial charge in [-0.3, -0.25) is 0 Å². The molecule has 0 aromatic carbocycles. The van der Waals surface area contributed by atoms with E-state index in [1.165, 1.54) is 19.3 Å². The van der Waals surface area contributed by atoms with E-state index in [0.717, 1.165) is 11.8 Å². The Morgan fingerprint density at radius 1 is 1.20 bits per heavy atom. The molecule has 3 atom stereocenters. The molecule has 0 nitrogen and oxygen atoms in total. The highest BCUT2D eigenvalue weighted by molar-refractivity contribution is 4.89. The highest BCUT2D eigenvalue weighted by atomic mass is 14.4. The molecule has 0 aliphatic heterocycles. The maximum Gasteiger partial charge on any atom is -0.0277 e. The number of rotatable bonds is 1. The van der Waals surface area contributed by atoms with Crippen molar-refractivity contribution in [2.45, 2.75) is 47.0 Å². The van der Waals surface area contributed by atoms with E-state index in [2.05, 4.69) is 27.7 Å². The van der Waals surface area contributed by atoms with Crippen molar-refractivity contribution in [2.75, 3.05) is 0 Å². The fourth-order valence-corrected chi connectivity index (χ4v) is 2.34. The summed E-state index contributed by atoms with van der Waals surface area (Å²) in [7, 11) is 0. The van der Waals surface area contributed by atoms with Gasteiger partial charge in [-0.05, 0) is 30.1 Å². The Kier molecular flexibility index (Phi) is 2.07. The third kappa shape index (κ3) is 0.980. The summed E-state index contributed by atoms with van der Waals surface area (Å²) in [4.78, 5) is 0. The van der Waals surface area contributed by atoms with E-state index in [9.17, 15) is 0 Å². The first kappa shape index (κ1) is 8.10. The molecule has 1 aliphatic carbocycles. The lowest BCUT2D eigenvalue weighted by Gasteiger charge is -2.32. The Bertz CT molecular complexity index is 105. The summed E-state index contributed by atoms with van der Waals surface area (Å²) in [5.41, 5.74) is 0.653. The van der Waals surface area contributed by atoms with Crippen molar-refractivity contribution in [3.8, 4) is 0 Å². The summed E-state index contributed by atoms with van der Waals surface area (Å²) >= 11 is 0. The molecular weight excluding hydrogens is 120 g/mol. The number of hydrogen-bond acceptors (Lipinski definition) is 0. The molecule has 10 heavy (non-hydrogen) atoms. The van der Waals surface area contributed by atoms with Crippen molar-refractivity contribution in [3.05, 3.63) is 0 Å². The van der Waals surface area contributed by atoms with Crippen LogP contribution in [0.4, 0.5) is 0 Å². The SMILES string of the molecule is CCC1(C)[C@H](C)CC[C@@H]1C. The Balaban J connectivity index is 2.70. The largest absolute Gasteiger partial charge is 0.0648 e. The van der Waals surface area contributed by atoms with E-state index in [-0.39, 0.29) is 0 Å². The van der Waals surface area contributed by atoms with Gasteiger partial charge in [0.05, 0.1) is 0 Å². The van der Waals surface area contributed by atoms with Crippen molar-refractivity contribution in [1.29, 1.82) is 0 Å². The number of hydrogen-bond donors (Lipinski definition) is 0. The molecule has 0 radical (unpaired) electrons. The van der Waals surface area contributed by atoms with Crippen molar-refractivity contribution in [2.24, 2.45) is 17.3 Å². The van der Waals surface area contributed by atoms with Crippen LogP contribution in [0.2, 0.25) is 0 Å². The van der Waals surface area contributed by atoms with Gasteiger partial charge >= 0.3 is 0 Å². The van der Waals surface area contributed by atoms with Crippen molar-refractivity contribution in [1.82, 2.24) is 0 Å². The molecule has 0 spiro atoms. The molecule has 0 aromatic heterocycles. The lowest BCUT2D eigenvalue weighted by Crippen LogP contribution is -2.24. The van der Waals surface area contributed by atoms with Crippen molar-refractivity contribution < 1.29 is 0 Å². The van der Waals surface area contributed by atoms with Crippen LogP contribution < -0.4 is 0 Å². The van der Waals surface area contributed by atoms with Gasteiger partial charge in [-0.1, -0.05) is 34.1 Å². The van der Waals surface area contributed by atoms with Crippen LogP contribution in [-0.4, -0.2) is 0 Å². The highest BCUT2D eigenvalue weighted by Crippen LogP contribution is 2.49. The van der Waals surface area contributed by atoms with Crippen LogP contribution in [0, 0.1) is 17.3 Å². The van der Waals surface area contributed by atoms with E-state index in [0.29, 0.717) is 5.41 Å². The lowest BCUT2D eigenvalue weighted by atomic mass is 9.73. The first-order valence-corrected chi connectivity index (χ1v) is 4.61.